The highest BCUT2D eigenvalue weighted by molar-refractivity contribution is 5.17. The molecule has 0 aliphatic carbocycles. The Bertz CT molecular complexity index is 301. The first-order valence-electron chi connectivity index (χ1n) is 4.83. The van der Waals surface area contributed by atoms with Crippen LogP contribution in [0.25, 0.3) is 0 Å². The maximum atomic E-state index is 9.76. The summed E-state index contributed by atoms with van der Waals surface area (Å²) >= 11 is 0. The molecule has 0 saturated carbocycles. The van der Waals surface area contributed by atoms with Crippen molar-refractivity contribution >= 4 is 0 Å². The lowest BCUT2D eigenvalue weighted by atomic mass is 10.0. The molecule has 6 heteroatoms. The van der Waals surface area contributed by atoms with Gasteiger partial charge in [-0.05, 0) is 12.5 Å². The van der Waals surface area contributed by atoms with Crippen LogP contribution >= 0.6 is 0 Å². The monoisotopic (exact) mass is 228 g/mol. The standard InChI is InChI=1S/C10H15NO.NO3/c1-8(11-2)10(12)9-6-4-3-5-7-9;2-1(3)4/h3-8,10-12H,1-2H3;/q;-1/p+1. The number of aliphatic hydroxyl groups is 1. The van der Waals surface area contributed by atoms with E-state index in [0.29, 0.717) is 0 Å². The highest BCUT2D eigenvalue weighted by atomic mass is 16.9. The van der Waals surface area contributed by atoms with Gasteiger partial charge in [0.05, 0.1) is 12.1 Å². The number of likely N-dealkylation sites (N-methyl/N-ethyl adjacent to an activating group) is 1. The zero-order chi connectivity index (χ0) is 12.6. The Morgan fingerprint density at radius 2 is 1.75 bits per heavy atom. The fourth-order valence-electron chi connectivity index (χ4n) is 1.14. The third kappa shape index (κ3) is 5.94. The van der Waals surface area contributed by atoms with E-state index in [1.807, 2.05) is 49.6 Å². The van der Waals surface area contributed by atoms with Gasteiger partial charge < -0.3 is 25.7 Å². The first kappa shape index (κ1) is 14.3. The van der Waals surface area contributed by atoms with Crippen LogP contribution in [0, 0.1) is 15.3 Å². The average molecular weight is 228 g/mol. The second-order valence-electron chi connectivity index (χ2n) is 3.27. The Morgan fingerprint density at radius 3 is 2.12 bits per heavy atom. The van der Waals surface area contributed by atoms with Crippen LogP contribution in [0.2, 0.25) is 0 Å². The summed E-state index contributed by atoms with van der Waals surface area (Å²) in [6, 6.07) is 9.96. The molecule has 90 valence electrons. The SMILES string of the molecule is C[NH2+]C(C)C(O)c1ccccc1.O=[N+]([O-])[O-]. The minimum atomic E-state index is -1.75. The second-order valence-corrected chi connectivity index (χ2v) is 3.27. The number of benzene rings is 1. The smallest absolute Gasteiger partial charge is 0.130 e. The van der Waals surface area contributed by atoms with Gasteiger partial charge >= 0.3 is 0 Å². The number of quaternary nitrogens is 1. The van der Waals surface area contributed by atoms with Crippen LogP contribution in [-0.2, 0) is 0 Å². The van der Waals surface area contributed by atoms with E-state index in [2.05, 4.69) is 0 Å². The molecule has 0 radical (unpaired) electrons. The van der Waals surface area contributed by atoms with Crippen LogP contribution < -0.4 is 5.32 Å². The lowest BCUT2D eigenvalue weighted by Crippen LogP contribution is -2.86. The topological polar surface area (TPSA) is 103 Å². The molecule has 0 spiro atoms. The van der Waals surface area contributed by atoms with Gasteiger partial charge in [-0.25, -0.2) is 0 Å². The summed E-state index contributed by atoms with van der Waals surface area (Å²) in [6.07, 6.45) is -0.365. The van der Waals surface area contributed by atoms with E-state index in [-0.39, 0.29) is 12.1 Å². The van der Waals surface area contributed by atoms with E-state index >= 15 is 0 Å². The van der Waals surface area contributed by atoms with E-state index < -0.39 is 5.09 Å². The lowest BCUT2D eigenvalue weighted by molar-refractivity contribution is -0.669. The molecule has 16 heavy (non-hydrogen) atoms. The van der Waals surface area contributed by atoms with E-state index in [1.54, 1.807) is 0 Å². The van der Waals surface area contributed by atoms with Crippen molar-refractivity contribution < 1.29 is 15.5 Å². The van der Waals surface area contributed by atoms with E-state index in [4.69, 9.17) is 15.3 Å². The number of nitrogens with zero attached hydrogens (tertiary/aromatic N) is 1. The van der Waals surface area contributed by atoms with E-state index in [1.165, 1.54) is 0 Å². The van der Waals surface area contributed by atoms with Gasteiger partial charge in [-0.15, -0.1) is 0 Å². The fraction of sp³-hybridized carbons (Fsp3) is 0.400. The van der Waals surface area contributed by atoms with Crippen molar-refractivity contribution in [1.29, 1.82) is 0 Å². The molecule has 1 aromatic rings. The number of aliphatic hydroxyl groups excluding tert-OH is 1. The molecular weight excluding hydrogens is 212 g/mol. The average Bonchev–Trinajstić information content (AvgIpc) is 2.27. The molecule has 0 bridgehead atoms. The molecule has 1 rings (SSSR count). The first-order valence-corrected chi connectivity index (χ1v) is 4.83. The van der Waals surface area contributed by atoms with Crippen molar-refractivity contribution in [2.24, 2.45) is 0 Å². The molecule has 2 unspecified atom stereocenters. The first-order chi connectivity index (χ1) is 7.49. The quantitative estimate of drug-likeness (QED) is 0.564. The highest BCUT2D eigenvalue weighted by Gasteiger charge is 2.16. The summed E-state index contributed by atoms with van der Waals surface area (Å²) in [7, 11) is 1.97. The number of hydrogen-bond donors (Lipinski definition) is 2. The van der Waals surface area contributed by atoms with Crippen LogP contribution in [0.4, 0.5) is 0 Å². The minimum absolute atomic E-state index is 0.215. The summed E-state index contributed by atoms with van der Waals surface area (Å²) in [6.45, 7) is 2.01. The van der Waals surface area contributed by atoms with Crippen molar-refractivity contribution in [1.82, 2.24) is 0 Å². The van der Waals surface area contributed by atoms with Crippen molar-refractivity contribution in [2.75, 3.05) is 7.05 Å². The molecule has 0 aliphatic heterocycles. The van der Waals surface area contributed by atoms with Crippen LogP contribution in [-0.4, -0.2) is 23.3 Å². The summed E-state index contributed by atoms with van der Waals surface area (Å²) in [5.74, 6) is 0. The number of hydrogen-bond acceptors (Lipinski definition) is 4. The molecule has 2 atom stereocenters. The Labute approximate surface area is 93.6 Å². The minimum Gasteiger partial charge on any atom is -0.382 e. The number of rotatable bonds is 3. The molecule has 0 aromatic heterocycles. The van der Waals surface area contributed by atoms with Crippen molar-refractivity contribution in [2.45, 2.75) is 19.1 Å². The van der Waals surface area contributed by atoms with Crippen LogP contribution in [0.15, 0.2) is 30.3 Å². The molecule has 1 aromatic carbocycles. The van der Waals surface area contributed by atoms with Gasteiger partial charge in [-0.1, -0.05) is 30.3 Å². The van der Waals surface area contributed by atoms with Gasteiger partial charge in [0.2, 0.25) is 0 Å². The molecule has 0 fully saturated rings. The Morgan fingerprint density at radius 1 is 1.31 bits per heavy atom. The van der Waals surface area contributed by atoms with Gasteiger partial charge in [-0.2, -0.15) is 0 Å². The molecule has 3 N–H and O–H groups in total. The van der Waals surface area contributed by atoms with Crippen molar-refractivity contribution in [3.8, 4) is 0 Å². The Balaban J connectivity index is 0.000000487. The van der Waals surface area contributed by atoms with Gasteiger partial charge in [-0.3, -0.25) is 0 Å². The zero-order valence-corrected chi connectivity index (χ0v) is 9.24. The van der Waals surface area contributed by atoms with E-state index in [0.717, 1.165) is 5.56 Å². The molecule has 0 saturated heterocycles. The predicted octanol–water partition coefficient (Wildman–Crippen LogP) is 0.0626. The predicted molar refractivity (Wildman–Crippen MR) is 59.1 cm³/mol. The maximum Gasteiger partial charge on any atom is 0.130 e. The van der Waals surface area contributed by atoms with Gasteiger partial charge in [0, 0.05) is 0 Å². The lowest BCUT2D eigenvalue weighted by Gasteiger charge is -2.15. The maximum absolute atomic E-state index is 9.76. The van der Waals surface area contributed by atoms with Crippen LogP contribution in [0.1, 0.15) is 18.6 Å². The van der Waals surface area contributed by atoms with Gasteiger partial charge in [0.25, 0.3) is 0 Å². The van der Waals surface area contributed by atoms with Crippen molar-refractivity contribution in [3.05, 3.63) is 51.2 Å². The van der Waals surface area contributed by atoms with Crippen LogP contribution in [0.5, 0.6) is 0 Å². The Kier molecular flexibility index (Phi) is 6.82. The summed E-state index contributed by atoms with van der Waals surface area (Å²) < 4.78 is 0. The number of nitrogens with two attached hydrogens (primary N) is 1. The largest absolute Gasteiger partial charge is 0.382 e. The normalized spacial score (nSPS) is 13.2. The third-order valence-electron chi connectivity index (χ3n) is 2.16. The van der Waals surface area contributed by atoms with Gasteiger partial charge in [0.1, 0.15) is 12.1 Å². The van der Waals surface area contributed by atoms with Crippen LogP contribution in [0.3, 0.4) is 0 Å². The summed E-state index contributed by atoms with van der Waals surface area (Å²) in [4.78, 5) is 8.25. The Hall–Kier alpha value is -1.66. The summed E-state index contributed by atoms with van der Waals surface area (Å²) in [5, 5.41) is 26.5. The zero-order valence-electron chi connectivity index (χ0n) is 9.24. The molecular formula is C10H16N2O4. The van der Waals surface area contributed by atoms with Gasteiger partial charge in [0.15, 0.2) is 0 Å². The molecule has 0 amide bonds. The molecule has 0 heterocycles. The summed E-state index contributed by atoms with van der Waals surface area (Å²) in [5.41, 5.74) is 0.989. The second kappa shape index (κ2) is 7.61. The molecule has 6 nitrogen and oxygen atoms in total. The third-order valence-corrected chi connectivity index (χ3v) is 2.16. The highest BCUT2D eigenvalue weighted by Crippen LogP contribution is 2.13. The van der Waals surface area contributed by atoms with E-state index in [9.17, 15) is 5.11 Å². The fourth-order valence-corrected chi connectivity index (χ4v) is 1.14. The van der Waals surface area contributed by atoms with Crippen molar-refractivity contribution in [3.63, 3.8) is 0 Å². The molecule has 0 aliphatic rings.